The van der Waals surface area contributed by atoms with Crippen LogP contribution in [-0.4, -0.2) is 62.2 Å². The minimum atomic E-state index is -3.27. The summed E-state index contributed by atoms with van der Waals surface area (Å²) in [6, 6.07) is 20.5. The van der Waals surface area contributed by atoms with E-state index in [4.69, 9.17) is 4.98 Å². The van der Waals surface area contributed by atoms with Crippen molar-refractivity contribution in [3.05, 3.63) is 78.8 Å². The van der Waals surface area contributed by atoms with E-state index in [0.717, 1.165) is 46.8 Å². The number of rotatable bonds is 5. The predicted octanol–water partition coefficient (Wildman–Crippen LogP) is 4.88. The van der Waals surface area contributed by atoms with Crippen LogP contribution >= 0.6 is 0 Å². The molecule has 0 bridgehead atoms. The van der Waals surface area contributed by atoms with Crippen LogP contribution in [-0.2, 0) is 9.84 Å². The van der Waals surface area contributed by atoms with Gasteiger partial charge in [0.15, 0.2) is 9.84 Å². The Balaban J connectivity index is 1.39. The van der Waals surface area contributed by atoms with Crippen LogP contribution in [0.25, 0.3) is 16.8 Å². The first-order valence-electron chi connectivity index (χ1n) is 12.3. The number of carbonyl (C=O) groups is 1. The highest BCUT2D eigenvalue weighted by molar-refractivity contribution is 7.90. The number of carbonyl (C=O) groups excluding carboxylic acids is 1. The lowest BCUT2D eigenvalue weighted by atomic mass is 9.97. The molecule has 0 radical (unpaired) electrons. The largest absolute Gasteiger partial charge is 0.378 e. The Kier molecular flexibility index (Phi) is 6.64. The highest BCUT2D eigenvalue weighted by atomic mass is 32.2. The van der Waals surface area contributed by atoms with Crippen LogP contribution in [0.1, 0.15) is 24.6 Å². The normalized spacial score (nSPS) is 16.1. The average Bonchev–Trinajstić information content (AvgIpc) is 3.28. The molecule has 0 saturated carbocycles. The first kappa shape index (κ1) is 24.8. The Morgan fingerprint density at radius 2 is 1.76 bits per heavy atom. The maximum atomic E-state index is 13.1. The smallest absolute Gasteiger partial charge is 0.321 e. The second-order valence-electron chi connectivity index (χ2n) is 9.73. The third kappa shape index (κ3) is 5.17. The van der Waals surface area contributed by atoms with Gasteiger partial charge < -0.3 is 19.5 Å². The molecule has 3 heterocycles. The fraction of sp³-hybridized carbons (Fsp3) is 0.286. The molecule has 2 aromatic heterocycles. The summed E-state index contributed by atoms with van der Waals surface area (Å²) in [5, 5.41) is 3.03. The second kappa shape index (κ2) is 9.89. The predicted molar refractivity (Wildman–Crippen MR) is 147 cm³/mol. The zero-order chi connectivity index (χ0) is 26.2. The minimum absolute atomic E-state index is 0.0783. The summed E-state index contributed by atoms with van der Waals surface area (Å²) in [6.45, 7) is 1.27. The molecular weight excluding hydrogens is 486 g/mol. The van der Waals surface area contributed by atoms with E-state index >= 15 is 0 Å². The van der Waals surface area contributed by atoms with Crippen LogP contribution in [0, 0.1) is 0 Å². The molecule has 1 aliphatic rings. The van der Waals surface area contributed by atoms with Crippen molar-refractivity contribution < 1.29 is 13.2 Å². The van der Waals surface area contributed by atoms with E-state index in [1.165, 1.54) is 6.26 Å². The summed E-state index contributed by atoms with van der Waals surface area (Å²) < 4.78 is 25.9. The molecule has 2 aromatic carbocycles. The van der Waals surface area contributed by atoms with Crippen LogP contribution in [0.2, 0.25) is 0 Å². The molecular formula is C28H31N5O3S. The molecule has 1 atom stereocenters. The van der Waals surface area contributed by atoms with Crippen LogP contribution in [0.5, 0.6) is 0 Å². The van der Waals surface area contributed by atoms with Gasteiger partial charge in [-0.05, 0) is 61.4 Å². The van der Waals surface area contributed by atoms with Crippen molar-refractivity contribution in [2.45, 2.75) is 23.7 Å². The first-order chi connectivity index (χ1) is 17.7. The van der Waals surface area contributed by atoms with Gasteiger partial charge in [0.2, 0.25) is 0 Å². The number of aromatic nitrogens is 2. The lowest BCUT2D eigenvalue weighted by Gasteiger charge is -2.32. The monoisotopic (exact) mass is 517 g/mol. The molecule has 8 nitrogen and oxygen atoms in total. The zero-order valence-corrected chi connectivity index (χ0v) is 22.1. The van der Waals surface area contributed by atoms with Crippen molar-refractivity contribution in [1.82, 2.24) is 14.3 Å². The van der Waals surface area contributed by atoms with Crippen LogP contribution in [0.3, 0.4) is 0 Å². The van der Waals surface area contributed by atoms with Gasteiger partial charge in [0.25, 0.3) is 0 Å². The number of pyridine rings is 1. The van der Waals surface area contributed by atoms with Gasteiger partial charge in [-0.1, -0.05) is 18.2 Å². The number of urea groups is 1. The fourth-order valence-corrected chi connectivity index (χ4v) is 5.47. The minimum Gasteiger partial charge on any atom is -0.378 e. The fourth-order valence-electron chi connectivity index (χ4n) is 4.84. The number of sulfone groups is 1. The van der Waals surface area contributed by atoms with Crippen molar-refractivity contribution >= 4 is 32.8 Å². The van der Waals surface area contributed by atoms with Gasteiger partial charge in [-0.25, -0.2) is 18.2 Å². The Hall–Kier alpha value is -3.85. The van der Waals surface area contributed by atoms with Crippen molar-refractivity contribution in [1.29, 1.82) is 0 Å². The molecule has 9 heteroatoms. The summed E-state index contributed by atoms with van der Waals surface area (Å²) >= 11 is 0. The number of nitrogens with one attached hydrogen (secondary N) is 1. The Morgan fingerprint density at radius 1 is 1.03 bits per heavy atom. The van der Waals surface area contributed by atoms with E-state index in [2.05, 4.69) is 9.72 Å². The molecule has 37 heavy (non-hydrogen) atoms. The molecule has 0 aliphatic carbocycles. The number of hydrogen-bond donors (Lipinski definition) is 1. The molecule has 1 fully saturated rings. The molecule has 1 N–H and O–H groups in total. The zero-order valence-electron chi connectivity index (χ0n) is 21.3. The SMILES string of the molecule is CN(C)c1ccc(NC(=O)N2CCC[C@@H](c3nc(-c4ccc(S(C)(=O)=O)cc4)c4ccccn34)C2)cc1. The van der Waals surface area contributed by atoms with Gasteiger partial charge in [-0.3, -0.25) is 0 Å². The van der Waals surface area contributed by atoms with E-state index in [-0.39, 0.29) is 16.8 Å². The standard InChI is InChI=1S/C28H31N5O3S/c1-31(2)23-13-11-22(12-14-23)29-28(34)32-17-6-7-21(19-32)27-30-26(25-8-4-5-18-33(25)27)20-9-15-24(16-10-20)37(3,35)36/h4-5,8-16,18,21H,6-7,17,19H2,1-3H3,(H,29,34)/t21-/m1/s1. The summed E-state index contributed by atoms with van der Waals surface area (Å²) in [7, 11) is 0.696. The molecule has 1 saturated heterocycles. The van der Waals surface area contributed by atoms with E-state index in [1.54, 1.807) is 24.3 Å². The van der Waals surface area contributed by atoms with Gasteiger partial charge in [0, 0.05) is 62.5 Å². The number of benzene rings is 2. The Bertz CT molecular complexity index is 1530. The molecule has 5 rings (SSSR count). The van der Waals surface area contributed by atoms with Gasteiger partial charge in [-0.2, -0.15) is 0 Å². The number of imidazole rings is 1. The lowest BCUT2D eigenvalue weighted by Crippen LogP contribution is -2.42. The number of likely N-dealkylation sites (tertiary alicyclic amines) is 1. The number of fused-ring (bicyclic) bond motifs is 1. The number of piperidine rings is 1. The second-order valence-corrected chi connectivity index (χ2v) is 11.7. The number of nitrogens with zero attached hydrogens (tertiary/aromatic N) is 4. The molecule has 4 aromatic rings. The van der Waals surface area contributed by atoms with Crippen molar-refractivity contribution in [3.8, 4) is 11.3 Å². The lowest BCUT2D eigenvalue weighted by molar-refractivity contribution is 0.191. The number of hydrogen-bond acceptors (Lipinski definition) is 5. The number of anilines is 2. The molecule has 0 unspecified atom stereocenters. The van der Waals surface area contributed by atoms with E-state index in [9.17, 15) is 13.2 Å². The van der Waals surface area contributed by atoms with Crippen LogP contribution in [0.15, 0.2) is 77.8 Å². The van der Waals surface area contributed by atoms with Gasteiger partial charge in [0.05, 0.1) is 16.1 Å². The highest BCUT2D eigenvalue weighted by Gasteiger charge is 2.29. The van der Waals surface area contributed by atoms with Crippen molar-refractivity contribution in [2.75, 3.05) is 43.7 Å². The Morgan fingerprint density at radius 3 is 2.43 bits per heavy atom. The van der Waals surface area contributed by atoms with Crippen molar-refractivity contribution in [3.63, 3.8) is 0 Å². The third-order valence-electron chi connectivity index (χ3n) is 6.84. The quantitative estimate of drug-likeness (QED) is 0.408. The maximum absolute atomic E-state index is 13.1. The average molecular weight is 518 g/mol. The molecule has 192 valence electrons. The first-order valence-corrected chi connectivity index (χ1v) is 14.2. The third-order valence-corrected chi connectivity index (χ3v) is 7.97. The van der Waals surface area contributed by atoms with Crippen molar-refractivity contribution in [2.24, 2.45) is 0 Å². The van der Waals surface area contributed by atoms with Crippen LogP contribution in [0.4, 0.5) is 16.2 Å². The summed E-state index contributed by atoms with van der Waals surface area (Å²) in [5.41, 5.74) is 4.45. The van der Waals surface area contributed by atoms with E-state index in [1.807, 2.05) is 72.6 Å². The van der Waals surface area contributed by atoms with Gasteiger partial charge >= 0.3 is 6.03 Å². The van der Waals surface area contributed by atoms with E-state index < -0.39 is 9.84 Å². The maximum Gasteiger partial charge on any atom is 0.321 e. The Labute approximate surface area is 217 Å². The molecule has 0 spiro atoms. The summed E-state index contributed by atoms with van der Waals surface area (Å²) in [4.78, 5) is 22.3. The summed E-state index contributed by atoms with van der Waals surface area (Å²) in [6.07, 6.45) is 5.02. The van der Waals surface area contributed by atoms with Gasteiger partial charge in [0.1, 0.15) is 5.82 Å². The molecule has 2 amide bonds. The number of amides is 2. The highest BCUT2D eigenvalue weighted by Crippen LogP contribution is 2.32. The topological polar surface area (TPSA) is 87.0 Å². The van der Waals surface area contributed by atoms with Gasteiger partial charge in [-0.15, -0.1) is 0 Å². The summed E-state index contributed by atoms with van der Waals surface area (Å²) in [5.74, 6) is 0.986. The van der Waals surface area contributed by atoms with E-state index in [0.29, 0.717) is 13.1 Å². The van der Waals surface area contributed by atoms with Crippen LogP contribution < -0.4 is 10.2 Å². The molecule has 1 aliphatic heterocycles.